The fourth-order valence-electron chi connectivity index (χ4n) is 6.82. The number of hydrogen-bond donors (Lipinski definition) is 2. The quantitative estimate of drug-likeness (QED) is 0.742. The summed E-state index contributed by atoms with van der Waals surface area (Å²) in [5, 5.41) is 13.8. The molecule has 30 heavy (non-hydrogen) atoms. The van der Waals surface area contributed by atoms with E-state index in [0.29, 0.717) is 56.7 Å². The highest BCUT2D eigenvalue weighted by atomic mass is 32.2. The van der Waals surface area contributed by atoms with Crippen LogP contribution in [0.3, 0.4) is 0 Å². The van der Waals surface area contributed by atoms with Crippen molar-refractivity contribution >= 4 is 21.6 Å². The van der Waals surface area contributed by atoms with Crippen molar-refractivity contribution in [2.45, 2.75) is 55.4 Å². The molecule has 2 N–H and O–H groups in total. The fourth-order valence-corrected chi connectivity index (χ4v) is 8.28. The Bertz CT molecular complexity index is 927. The first kappa shape index (κ1) is 20.4. The third-order valence-electron chi connectivity index (χ3n) is 7.41. The van der Waals surface area contributed by atoms with Crippen LogP contribution in [0.2, 0.25) is 0 Å². The summed E-state index contributed by atoms with van der Waals surface area (Å²) < 4.78 is 32.5. The van der Waals surface area contributed by atoms with Crippen LogP contribution in [0.1, 0.15) is 44.9 Å². The molecule has 4 aliphatic carbocycles. The molecular weight excluding hydrogens is 404 g/mol. The zero-order chi connectivity index (χ0) is 21.0. The Hall–Kier alpha value is -1.48. The van der Waals surface area contributed by atoms with Gasteiger partial charge in [0, 0.05) is 25.2 Å². The van der Waals surface area contributed by atoms with Gasteiger partial charge < -0.3 is 15.2 Å². The fraction of sp³-hybridized carbons (Fsp3) is 0.682. The van der Waals surface area contributed by atoms with Gasteiger partial charge in [0.25, 0.3) is 0 Å². The topological polar surface area (TPSA) is 95.9 Å². The van der Waals surface area contributed by atoms with Gasteiger partial charge in [-0.15, -0.1) is 0 Å². The highest BCUT2D eigenvalue weighted by Crippen LogP contribution is 2.62. The summed E-state index contributed by atoms with van der Waals surface area (Å²) in [7, 11) is -3.60. The summed E-state index contributed by atoms with van der Waals surface area (Å²) in [6, 6.07) is 6.49. The average Bonchev–Trinajstić information content (AvgIpc) is 2.66. The average molecular weight is 435 g/mol. The number of amides is 1. The van der Waals surface area contributed by atoms with Gasteiger partial charge >= 0.3 is 0 Å². The van der Waals surface area contributed by atoms with E-state index in [2.05, 4.69) is 5.32 Å². The lowest BCUT2D eigenvalue weighted by Gasteiger charge is -2.60. The monoisotopic (exact) mass is 434 g/mol. The molecule has 1 heterocycles. The molecule has 1 aromatic rings. The van der Waals surface area contributed by atoms with Crippen LogP contribution in [0.4, 0.5) is 5.69 Å². The molecule has 2 atom stereocenters. The largest absolute Gasteiger partial charge is 0.390 e. The first-order valence-corrected chi connectivity index (χ1v) is 12.4. The molecule has 4 saturated carbocycles. The van der Waals surface area contributed by atoms with Crippen molar-refractivity contribution in [2.24, 2.45) is 17.3 Å². The van der Waals surface area contributed by atoms with E-state index in [4.69, 9.17) is 4.74 Å². The number of morpholine rings is 1. The maximum Gasteiger partial charge on any atom is 0.243 e. The third kappa shape index (κ3) is 3.79. The number of sulfonamides is 1. The van der Waals surface area contributed by atoms with Crippen molar-refractivity contribution in [3.8, 4) is 0 Å². The maximum atomic E-state index is 12.9. The lowest BCUT2D eigenvalue weighted by Crippen LogP contribution is -2.56. The zero-order valence-corrected chi connectivity index (χ0v) is 18.0. The van der Waals surface area contributed by atoms with Gasteiger partial charge in [-0.3, -0.25) is 4.79 Å². The summed E-state index contributed by atoms with van der Waals surface area (Å²) in [6.07, 6.45) is 6.10. The van der Waals surface area contributed by atoms with Gasteiger partial charge in [-0.05, 0) is 74.0 Å². The second-order valence-corrected chi connectivity index (χ2v) is 11.9. The van der Waals surface area contributed by atoms with E-state index < -0.39 is 15.6 Å². The minimum absolute atomic E-state index is 0.0959. The highest BCUT2D eigenvalue weighted by Gasteiger charge is 2.57. The molecule has 7 nitrogen and oxygen atoms in total. The van der Waals surface area contributed by atoms with E-state index in [9.17, 15) is 18.3 Å². The Balaban J connectivity index is 1.28. The molecular formula is C22H30N2O5S. The van der Waals surface area contributed by atoms with Gasteiger partial charge in [-0.1, -0.05) is 6.07 Å². The number of rotatable bonds is 5. The number of nitrogens with one attached hydrogen (secondary N) is 1. The molecule has 6 rings (SSSR count). The van der Waals surface area contributed by atoms with Crippen LogP contribution in [-0.4, -0.2) is 55.6 Å². The first-order chi connectivity index (χ1) is 14.3. The first-order valence-electron chi connectivity index (χ1n) is 11.0. The molecule has 0 radical (unpaired) electrons. The normalized spacial score (nSPS) is 36.0. The molecule has 5 fully saturated rings. The maximum absolute atomic E-state index is 12.9. The number of aliphatic hydroxyl groups is 1. The van der Waals surface area contributed by atoms with E-state index in [-0.39, 0.29) is 16.2 Å². The number of ether oxygens (including phenoxy) is 1. The lowest BCUT2D eigenvalue weighted by molar-refractivity contribution is -0.167. The smallest absolute Gasteiger partial charge is 0.243 e. The van der Waals surface area contributed by atoms with Crippen LogP contribution in [0.25, 0.3) is 0 Å². The van der Waals surface area contributed by atoms with Crippen LogP contribution >= 0.6 is 0 Å². The summed E-state index contributed by atoms with van der Waals surface area (Å²) in [5.74, 6) is 0.971. The Labute approximate surface area is 177 Å². The van der Waals surface area contributed by atoms with E-state index in [0.717, 1.165) is 25.7 Å². The van der Waals surface area contributed by atoms with Crippen molar-refractivity contribution in [1.82, 2.24) is 4.31 Å². The van der Waals surface area contributed by atoms with Gasteiger partial charge in [0.2, 0.25) is 15.9 Å². The number of anilines is 1. The molecule has 0 spiro atoms. The molecule has 8 heteroatoms. The van der Waals surface area contributed by atoms with Gasteiger partial charge in [0.1, 0.15) is 0 Å². The minimum atomic E-state index is -3.60. The van der Waals surface area contributed by atoms with Crippen molar-refractivity contribution in [3.63, 3.8) is 0 Å². The molecule has 0 aromatic heterocycles. The standard InChI is InChI=1S/C22H30N2O5S/c25-20(14-21-10-16-8-17(11-21)13-22(26,12-16)15-21)23-18-2-1-3-19(9-18)30(27,28)24-4-6-29-7-5-24/h1-3,9,16-17,26H,4-8,10-15H2,(H,23,25). The number of carbonyl (C=O) groups is 1. The van der Waals surface area contributed by atoms with E-state index in [1.54, 1.807) is 18.2 Å². The number of carbonyl (C=O) groups excluding carboxylic acids is 1. The summed E-state index contributed by atoms with van der Waals surface area (Å²) in [5.41, 5.74) is -0.200. The molecule has 164 valence electrons. The predicted molar refractivity (Wildman–Crippen MR) is 111 cm³/mol. The molecule has 5 aliphatic rings. The number of benzene rings is 1. The van der Waals surface area contributed by atoms with Gasteiger partial charge in [0.15, 0.2) is 0 Å². The molecule has 4 bridgehead atoms. The molecule has 1 amide bonds. The van der Waals surface area contributed by atoms with E-state index >= 15 is 0 Å². The van der Waals surface area contributed by atoms with Crippen molar-refractivity contribution in [3.05, 3.63) is 24.3 Å². The molecule has 1 aliphatic heterocycles. The summed E-state index contributed by atoms with van der Waals surface area (Å²) in [4.78, 5) is 13.1. The van der Waals surface area contributed by atoms with Gasteiger partial charge in [0.05, 0.1) is 23.7 Å². The predicted octanol–water partition coefficient (Wildman–Crippen LogP) is 2.37. The van der Waals surface area contributed by atoms with Crippen LogP contribution in [0, 0.1) is 17.3 Å². The second kappa shape index (κ2) is 7.29. The minimum Gasteiger partial charge on any atom is -0.390 e. The SMILES string of the molecule is O=C(CC12CC3CC(CC(O)(C3)C1)C2)Nc1cccc(S(=O)(=O)N2CCOCC2)c1. The Kier molecular flexibility index (Phi) is 4.96. The van der Waals surface area contributed by atoms with E-state index in [1.807, 2.05) is 0 Å². The lowest BCUT2D eigenvalue weighted by atomic mass is 9.47. The molecule has 1 saturated heterocycles. The van der Waals surface area contributed by atoms with Crippen LogP contribution in [0.15, 0.2) is 29.2 Å². The van der Waals surface area contributed by atoms with Crippen LogP contribution < -0.4 is 5.32 Å². The highest BCUT2D eigenvalue weighted by molar-refractivity contribution is 7.89. The molecule has 1 aromatic carbocycles. The molecule has 2 unspecified atom stereocenters. The Morgan fingerprint density at radius 1 is 1.17 bits per heavy atom. The summed E-state index contributed by atoms with van der Waals surface area (Å²) >= 11 is 0. The van der Waals surface area contributed by atoms with Crippen molar-refractivity contribution in [2.75, 3.05) is 31.6 Å². The number of nitrogens with zero attached hydrogens (tertiary/aromatic N) is 1. The van der Waals surface area contributed by atoms with Gasteiger partial charge in [-0.25, -0.2) is 8.42 Å². The third-order valence-corrected chi connectivity index (χ3v) is 9.31. The second-order valence-electron chi connectivity index (χ2n) is 9.95. The van der Waals surface area contributed by atoms with E-state index in [1.165, 1.54) is 16.8 Å². The number of hydrogen-bond acceptors (Lipinski definition) is 5. The Morgan fingerprint density at radius 3 is 2.53 bits per heavy atom. The van der Waals surface area contributed by atoms with Crippen molar-refractivity contribution < 1.29 is 23.1 Å². The summed E-state index contributed by atoms with van der Waals surface area (Å²) in [6.45, 7) is 1.47. The van der Waals surface area contributed by atoms with Gasteiger partial charge in [-0.2, -0.15) is 4.31 Å². The van der Waals surface area contributed by atoms with Crippen LogP contribution in [-0.2, 0) is 19.6 Å². The Morgan fingerprint density at radius 2 is 1.87 bits per heavy atom. The van der Waals surface area contributed by atoms with Crippen molar-refractivity contribution in [1.29, 1.82) is 0 Å². The zero-order valence-electron chi connectivity index (χ0n) is 17.2. The van der Waals surface area contributed by atoms with Crippen LogP contribution in [0.5, 0.6) is 0 Å².